The summed E-state index contributed by atoms with van der Waals surface area (Å²) in [6, 6.07) is 6.91. The summed E-state index contributed by atoms with van der Waals surface area (Å²) in [5, 5.41) is 2.09. The smallest absolute Gasteiger partial charge is 0.321 e. The summed E-state index contributed by atoms with van der Waals surface area (Å²) in [6.07, 6.45) is -2.39. The zero-order valence-corrected chi connectivity index (χ0v) is 14.7. The zero-order valence-electron chi connectivity index (χ0n) is 14.0. The Balaban J connectivity index is 2.02. The van der Waals surface area contributed by atoms with Crippen LogP contribution in [0, 0.1) is 6.92 Å². The molecule has 136 valence electrons. The SMILES string of the molecule is CCc1nc2c(C)cccn2c1C(=O)Nc1ccc(Cl)c(C(F)(F)F)c1. The first-order valence-electron chi connectivity index (χ1n) is 7.87. The molecule has 4 nitrogen and oxygen atoms in total. The van der Waals surface area contributed by atoms with Gasteiger partial charge in [0, 0.05) is 11.9 Å². The van der Waals surface area contributed by atoms with Gasteiger partial charge in [0.05, 0.1) is 16.3 Å². The minimum absolute atomic E-state index is 0.0105. The number of benzene rings is 1. The van der Waals surface area contributed by atoms with E-state index < -0.39 is 22.7 Å². The third-order valence-electron chi connectivity index (χ3n) is 4.00. The summed E-state index contributed by atoms with van der Waals surface area (Å²) in [5.74, 6) is -0.532. The Morgan fingerprint density at radius 3 is 2.69 bits per heavy atom. The van der Waals surface area contributed by atoms with E-state index in [1.165, 1.54) is 6.07 Å². The van der Waals surface area contributed by atoms with Gasteiger partial charge in [0.1, 0.15) is 11.3 Å². The van der Waals surface area contributed by atoms with Crippen molar-refractivity contribution in [3.8, 4) is 0 Å². The monoisotopic (exact) mass is 381 g/mol. The van der Waals surface area contributed by atoms with Crippen LogP contribution in [-0.2, 0) is 12.6 Å². The van der Waals surface area contributed by atoms with Gasteiger partial charge in [-0.1, -0.05) is 24.6 Å². The molecule has 8 heteroatoms. The number of nitrogens with zero attached hydrogens (tertiary/aromatic N) is 2. The molecule has 2 heterocycles. The van der Waals surface area contributed by atoms with Gasteiger partial charge in [0.2, 0.25) is 0 Å². The lowest BCUT2D eigenvalue weighted by atomic mass is 10.2. The average molecular weight is 382 g/mol. The summed E-state index contributed by atoms with van der Waals surface area (Å²) in [4.78, 5) is 17.2. The highest BCUT2D eigenvalue weighted by atomic mass is 35.5. The number of hydrogen-bond donors (Lipinski definition) is 1. The lowest BCUT2D eigenvalue weighted by Crippen LogP contribution is -2.17. The second-order valence-corrected chi connectivity index (χ2v) is 6.20. The number of alkyl halides is 3. The Labute approximate surface area is 152 Å². The van der Waals surface area contributed by atoms with Crippen LogP contribution in [0.25, 0.3) is 5.65 Å². The topological polar surface area (TPSA) is 46.4 Å². The molecular weight excluding hydrogens is 367 g/mol. The van der Waals surface area contributed by atoms with Crippen molar-refractivity contribution >= 4 is 28.8 Å². The molecule has 0 unspecified atom stereocenters. The lowest BCUT2D eigenvalue weighted by molar-refractivity contribution is -0.137. The second-order valence-electron chi connectivity index (χ2n) is 5.79. The van der Waals surface area contributed by atoms with Crippen molar-refractivity contribution in [1.82, 2.24) is 9.38 Å². The molecule has 0 radical (unpaired) electrons. The van der Waals surface area contributed by atoms with Crippen molar-refractivity contribution in [2.45, 2.75) is 26.4 Å². The Hall–Kier alpha value is -2.54. The second kappa shape index (κ2) is 6.64. The van der Waals surface area contributed by atoms with Crippen LogP contribution < -0.4 is 5.32 Å². The molecule has 26 heavy (non-hydrogen) atoms. The third kappa shape index (κ3) is 3.26. The number of aryl methyl sites for hydroxylation is 2. The number of halogens is 4. The maximum Gasteiger partial charge on any atom is 0.417 e. The summed E-state index contributed by atoms with van der Waals surface area (Å²) in [7, 11) is 0. The quantitative estimate of drug-likeness (QED) is 0.683. The number of fused-ring (bicyclic) bond motifs is 1. The highest BCUT2D eigenvalue weighted by molar-refractivity contribution is 6.31. The molecule has 3 rings (SSSR count). The fourth-order valence-electron chi connectivity index (χ4n) is 2.75. The molecule has 0 spiro atoms. The number of amides is 1. The average Bonchev–Trinajstić information content (AvgIpc) is 2.95. The van der Waals surface area contributed by atoms with Crippen molar-refractivity contribution < 1.29 is 18.0 Å². The number of anilines is 1. The van der Waals surface area contributed by atoms with Crippen LogP contribution in [0.15, 0.2) is 36.5 Å². The van der Waals surface area contributed by atoms with E-state index >= 15 is 0 Å². The van der Waals surface area contributed by atoms with Crippen LogP contribution >= 0.6 is 11.6 Å². The molecule has 3 aromatic rings. The Morgan fingerprint density at radius 2 is 2.04 bits per heavy atom. The van der Waals surface area contributed by atoms with Gasteiger partial charge in [-0.3, -0.25) is 9.20 Å². The number of hydrogen-bond acceptors (Lipinski definition) is 2. The van der Waals surface area contributed by atoms with Gasteiger partial charge in [0.15, 0.2) is 0 Å². The first-order chi connectivity index (χ1) is 12.2. The number of aromatic nitrogens is 2. The van der Waals surface area contributed by atoms with Crippen LogP contribution in [0.1, 0.15) is 34.2 Å². The predicted octanol–water partition coefficient (Wildman–Crippen LogP) is 5.13. The van der Waals surface area contributed by atoms with Crippen LogP contribution in [-0.4, -0.2) is 15.3 Å². The molecule has 2 aromatic heterocycles. The summed E-state index contributed by atoms with van der Waals surface area (Å²) >= 11 is 5.61. The van der Waals surface area contributed by atoms with Crippen molar-refractivity contribution in [3.05, 3.63) is 64.1 Å². The van der Waals surface area contributed by atoms with Crippen LogP contribution in [0.3, 0.4) is 0 Å². The number of carbonyl (C=O) groups is 1. The largest absolute Gasteiger partial charge is 0.417 e. The minimum atomic E-state index is -4.60. The molecular formula is C18H15ClF3N3O. The molecule has 0 saturated carbocycles. The van der Waals surface area contributed by atoms with E-state index in [1.807, 2.05) is 19.9 Å². The molecule has 0 fully saturated rings. The number of pyridine rings is 1. The molecule has 1 aromatic carbocycles. The van der Waals surface area contributed by atoms with Gasteiger partial charge < -0.3 is 5.32 Å². The molecule has 1 amide bonds. The summed E-state index contributed by atoms with van der Waals surface area (Å²) in [5.41, 5.74) is 1.42. The molecule has 0 saturated heterocycles. The standard InChI is InChI=1S/C18H15ClF3N3O/c1-3-14-15(25-8-4-5-10(2)16(25)24-14)17(26)23-11-6-7-13(19)12(9-11)18(20,21)22/h4-9H,3H2,1-2H3,(H,23,26). The first-order valence-corrected chi connectivity index (χ1v) is 8.24. The van der Waals surface area contributed by atoms with E-state index in [-0.39, 0.29) is 5.69 Å². The van der Waals surface area contributed by atoms with Crippen molar-refractivity contribution in [1.29, 1.82) is 0 Å². The number of rotatable bonds is 3. The maximum atomic E-state index is 13.0. The summed E-state index contributed by atoms with van der Waals surface area (Å²) in [6.45, 7) is 3.73. The van der Waals surface area contributed by atoms with Gasteiger partial charge in [-0.15, -0.1) is 0 Å². The third-order valence-corrected chi connectivity index (χ3v) is 4.33. The number of imidazole rings is 1. The predicted molar refractivity (Wildman–Crippen MR) is 93.7 cm³/mol. The molecule has 0 aliphatic heterocycles. The Morgan fingerprint density at radius 1 is 1.31 bits per heavy atom. The molecule has 0 aliphatic carbocycles. The minimum Gasteiger partial charge on any atom is -0.321 e. The highest BCUT2D eigenvalue weighted by Gasteiger charge is 2.33. The van der Waals surface area contributed by atoms with E-state index in [4.69, 9.17) is 11.6 Å². The maximum absolute atomic E-state index is 13.0. The van der Waals surface area contributed by atoms with Gasteiger partial charge in [-0.05, 0) is 43.2 Å². The van der Waals surface area contributed by atoms with E-state index in [9.17, 15) is 18.0 Å². The highest BCUT2D eigenvalue weighted by Crippen LogP contribution is 2.36. The summed E-state index contributed by atoms with van der Waals surface area (Å²) < 4.78 is 40.6. The van der Waals surface area contributed by atoms with Crippen LogP contribution in [0.5, 0.6) is 0 Å². The molecule has 0 aliphatic rings. The van der Waals surface area contributed by atoms with Crippen LogP contribution in [0.4, 0.5) is 18.9 Å². The Kier molecular flexibility index (Phi) is 4.66. The Bertz CT molecular complexity index is 995. The van der Waals surface area contributed by atoms with Crippen molar-refractivity contribution in [2.75, 3.05) is 5.32 Å². The van der Waals surface area contributed by atoms with E-state index in [0.29, 0.717) is 23.5 Å². The van der Waals surface area contributed by atoms with Gasteiger partial charge >= 0.3 is 6.18 Å². The molecule has 0 atom stereocenters. The van der Waals surface area contributed by atoms with E-state index in [1.54, 1.807) is 16.7 Å². The van der Waals surface area contributed by atoms with E-state index in [2.05, 4.69) is 10.3 Å². The van der Waals surface area contributed by atoms with Crippen molar-refractivity contribution in [2.24, 2.45) is 0 Å². The fourth-order valence-corrected chi connectivity index (χ4v) is 2.97. The normalized spacial score (nSPS) is 11.8. The fraction of sp³-hybridized carbons (Fsp3) is 0.222. The van der Waals surface area contributed by atoms with Gasteiger partial charge in [-0.25, -0.2) is 4.98 Å². The first kappa shape index (κ1) is 18.3. The number of carbonyl (C=O) groups excluding carboxylic acids is 1. The number of nitrogens with one attached hydrogen (secondary N) is 1. The van der Waals surface area contributed by atoms with Crippen LogP contribution in [0.2, 0.25) is 5.02 Å². The molecule has 0 bridgehead atoms. The lowest BCUT2D eigenvalue weighted by Gasteiger charge is -2.12. The zero-order chi connectivity index (χ0) is 19.1. The van der Waals surface area contributed by atoms with E-state index in [0.717, 1.165) is 17.7 Å². The van der Waals surface area contributed by atoms with Crippen molar-refractivity contribution in [3.63, 3.8) is 0 Å². The molecule has 1 N–H and O–H groups in total. The van der Waals surface area contributed by atoms with Gasteiger partial charge in [0.25, 0.3) is 5.91 Å². The van der Waals surface area contributed by atoms with Gasteiger partial charge in [-0.2, -0.15) is 13.2 Å².